The minimum atomic E-state index is -1.04. The predicted octanol–water partition coefficient (Wildman–Crippen LogP) is 3.74. The number of anilines is 2. The third-order valence-corrected chi connectivity index (χ3v) is 3.16. The van der Waals surface area contributed by atoms with Crippen LogP contribution in [0.2, 0.25) is 0 Å². The molecule has 2 aromatic carbocycles. The van der Waals surface area contributed by atoms with Crippen LogP contribution in [0.15, 0.2) is 42.5 Å². The van der Waals surface area contributed by atoms with Crippen molar-refractivity contribution in [1.29, 1.82) is 0 Å². The maximum absolute atomic E-state index is 12.0. The molecule has 2 amide bonds. The molecule has 0 aliphatic carbocycles. The second kappa shape index (κ2) is 7.31. The average Bonchev–Trinajstić information content (AvgIpc) is 2.51. The zero-order valence-electron chi connectivity index (χ0n) is 12.9. The number of rotatable bonds is 5. The highest BCUT2D eigenvalue weighted by atomic mass is 16.5. The first kappa shape index (κ1) is 16.4. The van der Waals surface area contributed by atoms with E-state index in [2.05, 4.69) is 10.6 Å². The topological polar surface area (TPSA) is 87.7 Å². The number of hydrogen-bond acceptors (Lipinski definition) is 3. The SMILES string of the molecule is CCOc1ccc(NC(=O)Nc2cc(C(=O)O)ccc2C)cc1. The zero-order valence-corrected chi connectivity index (χ0v) is 12.9. The maximum atomic E-state index is 12.0. The van der Waals surface area contributed by atoms with Crippen molar-refractivity contribution in [3.05, 3.63) is 53.6 Å². The fraction of sp³-hybridized carbons (Fsp3) is 0.176. The van der Waals surface area contributed by atoms with Crippen molar-refractivity contribution in [2.75, 3.05) is 17.2 Å². The summed E-state index contributed by atoms with van der Waals surface area (Å²) in [5.41, 5.74) is 1.95. The van der Waals surface area contributed by atoms with E-state index in [4.69, 9.17) is 9.84 Å². The highest BCUT2D eigenvalue weighted by Gasteiger charge is 2.09. The van der Waals surface area contributed by atoms with Gasteiger partial charge in [0.25, 0.3) is 0 Å². The minimum Gasteiger partial charge on any atom is -0.494 e. The molecule has 0 aliphatic heterocycles. The summed E-state index contributed by atoms with van der Waals surface area (Å²) in [4.78, 5) is 23.0. The molecule has 0 aliphatic rings. The number of carboxylic acid groups (broad SMARTS) is 1. The Balaban J connectivity index is 2.04. The lowest BCUT2D eigenvalue weighted by molar-refractivity contribution is 0.0697. The lowest BCUT2D eigenvalue weighted by Crippen LogP contribution is -2.20. The molecule has 0 fully saturated rings. The molecular weight excluding hydrogens is 296 g/mol. The smallest absolute Gasteiger partial charge is 0.335 e. The number of carbonyl (C=O) groups excluding carboxylic acids is 1. The van der Waals surface area contributed by atoms with Gasteiger partial charge in [-0.15, -0.1) is 0 Å². The Morgan fingerprint density at radius 1 is 1.09 bits per heavy atom. The van der Waals surface area contributed by atoms with Crippen molar-refractivity contribution < 1.29 is 19.4 Å². The lowest BCUT2D eigenvalue weighted by atomic mass is 10.1. The lowest BCUT2D eigenvalue weighted by Gasteiger charge is -2.11. The van der Waals surface area contributed by atoms with E-state index in [1.807, 2.05) is 6.92 Å². The third kappa shape index (κ3) is 4.47. The van der Waals surface area contributed by atoms with E-state index in [1.165, 1.54) is 12.1 Å². The van der Waals surface area contributed by atoms with Crippen LogP contribution in [0.4, 0.5) is 16.2 Å². The Hall–Kier alpha value is -3.02. The molecule has 0 heterocycles. The summed E-state index contributed by atoms with van der Waals surface area (Å²) in [5.74, 6) is -0.316. The van der Waals surface area contributed by atoms with Crippen LogP contribution >= 0.6 is 0 Å². The van der Waals surface area contributed by atoms with Crippen molar-refractivity contribution in [3.8, 4) is 5.75 Å². The minimum absolute atomic E-state index is 0.118. The molecule has 0 bridgehead atoms. The van der Waals surface area contributed by atoms with Crippen molar-refractivity contribution in [1.82, 2.24) is 0 Å². The van der Waals surface area contributed by atoms with Crippen LogP contribution in [0, 0.1) is 6.92 Å². The first-order chi connectivity index (χ1) is 11.0. The number of nitrogens with one attached hydrogen (secondary N) is 2. The van der Waals surface area contributed by atoms with Gasteiger partial charge in [-0.05, 0) is 55.8 Å². The summed E-state index contributed by atoms with van der Waals surface area (Å²) in [6, 6.07) is 11.1. The Bertz CT molecular complexity index is 711. The van der Waals surface area contributed by atoms with Gasteiger partial charge < -0.3 is 20.5 Å². The molecule has 3 N–H and O–H groups in total. The van der Waals surface area contributed by atoms with E-state index in [9.17, 15) is 9.59 Å². The molecule has 0 radical (unpaired) electrons. The number of carboxylic acids is 1. The first-order valence-electron chi connectivity index (χ1n) is 7.14. The maximum Gasteiger partial charge on any atom is 0.335 e. The van der Waals surface area contributed by atoms with E-state index in [0.29, 0.717) is 18.0 Å². The van der Waals surface area contributed by atoms with Gasteiger partial charge in [-0.3, -0.25) is 0 Å². The molecule has 0 saturated heterocycles. The molecule has 0 spiro atoms. The molecule has 6 heteroatoms. The number of ether oxygens (including phenoxy) is 1. The second-order valence-electron chi connectivity index (χ2n) is 4.87. The fourth-order valence-corrected chi connectivity index (χ4v) is 1.98. The summed E-state index contributed by atoms with van der Waals surface area (Å²) in [6.07, 6.45) is 0. The molecule has 0 atom stereocenters. The predicted molar refractivity (Wildman–Crippen MR) is 88.4 cm³/mol. The number of amides is 2. The van der Waals surface area contributed by atoms with E-state index < -0.39 is 12.0 Å². The number of aromatic carboxylic acids is 1. The molecule has 2 rings (SSSR count). The van der Waals surface area contributed by atoms with E-state index in [0.717, 1.165) is 11.3 Å². The Labute approximate surface area is 134 Å². The summed E-state index contributed by atoms with van der Waals surface area (Å²) in [6.45, 7) is 4.26. The summed E-state index contributed by atoms with van der Waals surface area (Å²) in [5, 5.41) is 14.3. The molecule has 0 saturated carbocycles. The molecular formula is C17H18N2O4. The van der Waals surface area contributed by atoms with E-state index >= 15 is 0 Å². The third-order valence-electron chi connectivity index (χ3n) is 3.16. The highest BCUT2D eigenvalue weighted by molar-refractivity contribution is 6.01. The highest BCUT2D eigenvalue weighted by Crippen LogP contribution is 2.19. The monoisotopic (exact) mass is 314 g/mol. The number of urea groups is 1. The van der Waals surface area contributed by atoms with E-state index in [1.54, 1.807) is 37.3 Å². The van der Waals surface area contributed by atoms with Crippen LogP contribution in [0.3, 0.4) is 0 Å². The van der Waals surface area contributed by atoms with Crippen LogP contribution in [0.1, 0.15) is 22.8 Å². The van der Waals surface area contributed by atoms with Crippen molar-refractivity contribution in [2.24, 2.45) is 0 Å². The van der Waals surface area contributed by atoms with Crippen LogP contribution in [-0.4, -0.2) is 23.7 Å². The van der Waals surface area contributed by atoms with Gasteiger partial charge in [-0.2, -0.15) is 0 Å². The zero-order chi connectivity index (χ0) is 16.8. The molecule has 23 heavy (non-hydrogen) atoms. The van der Waals surface area contributed by atoms with Crippen LogP contribution in [-0.2, 0) is 0 Å². The van der Waals surface area contributed by atoms with Gasteiger partial charge in [0.05, 0.1) is 12.2 Å². The quantitative estimate of drug-likeness (QED) is 0.784. The Morgan fingerprint density at radius 3 is 2.39 bits per heavy atom. The molecule has 0 unspecified atom stereocenters. The number of hydrogen-bond donors (Lipinski definition) is 3. The Kier molecular flexibility index (Phi) is 5.19. The van der Waals surface area contributed by atoms with Crippen molar-refractivity contribution in [3.63, 3.8) is 0 Å². The van der Waals surface area contributed by atoms with Gasteiger partial charge in [0.15, 0.2) is 0 Å². The van der Waals surface area contributed by atoms with Gasteiger partial charge in [0, 0.05) is 11.4 Å². The summed E-state index contributed by atoms with van der Waals surface area (Å²) >= 11 is 0. The van der Waals surface area contributed by atoms with Gasteiger partial charge >= 0.3 is 12.0 Å². The first-order valence-corrected chi connectivity index (χ1v) is 7.14. The second-order valence-corrected chi connectivity index (χ2v) is 4.87. The Morgan fingerprint density at radius 2 is 1.78 bits per heavy atom. The standard InChI is InChI=1S/C17H18N2O4/c1-3-23-14-8-6-13(7-9-14)18-17(22)19-15-10-12(16(20)21)5-4-11(15)2/h4-10H,3H2,1-2H3,(H,20,21)(H2,18,19,22). The molecule has 120 valence electrons. The summed E-state index contributed by atoms with van der Waals surface area (Å²) in [7, 11) is 0. The van der Waals surface area contributed by atoms with Crippen LogP contribution in [0.25, 0.3) is 0 Å². The van der Waals surface area contributed by atoms with Gasteiger partial charge in [0.2, 0.25) is 0 Å². The van der Waals surface area contributed by atoms with E-state index in [-0.39, 0.29) is 5.56 Å². The largest absolute Gasteiger partial charge is 0.494 e. The molecule has 6 nitrogen and oxygen atoms in total. The normalized spacial score (nSPS) is 10.0. The van der Waals surface area contributed by atoms with Crippen molar-refractivity contribution >= 4 is 23.4 Å². The fourth-order valence-electron chi connectivity index (χ4n) is 1.98. The van der Waals surface area contributed by atoms with Crippen molar-refractivity contribution in [2.45, 2.75) is 13.8 Å². The molecule has 0 aromatic heterocycles. The van der Waals surface area contributed by atoms with Crippen LogP contribution in [0.5, 0.6) is 5.75 Å². The number of carbonyl (C=O) groups is 2. The summed E-state index contributed by atoms with van der Waals surface area (Å²) < 4.78 is 5.33. The average molecular weight is 314 g/mol. The molecule has 2 aromatic rings. The van der Waals surface area contributed by atoms with Gasteiger partial charge in [-0.25, -0.2) is 9.59 Å². The van der Waals surface area contributed by atoms with Crippen LogP contribution < -0.4 is 15.4 Å². The number of aryl methyl sites for hydroxylation is 1. The number of benzene rings is 2. The van der Waals surface area contributed by atoms with Gasteiger partial charge in [0.1, 0.15) is 5.75 Å². The van der Waals surface area contributed by atoms with Gasteiger partial charge in [-0.1, -0.05) is 6.07 Å².